The third-order valence-electron chi connectivity index (χ3n) is 4.10. The molecule has 0 saturated carbocycles. The molecule has 0 bridgehead atoms. The Labute approximate surface area is 156 Å². The molecular formula is C20H21FN2O4. The first-order valence-electron chi connectivity index (χ1n) is 8.80. The summed E-state index contributed by atoms with van der Waals surface area (Å²) in [6, 6.07) is 15.0. The molecule has 2 amide bonds. The van der Waals surface area contributed by atoms with Crippen LogP contribution >= 0.6 is 0 Å². The fraction of sp³-hybridized carbons (Fsp3) is 0.300. The van der Waals surface area contributed by atoms with Gasteiger partial charge in [-0.05, 0) is 42.8 Å². The number of para-hydroxylation sites is 1. The van der Waals surface area contributed by atoms with Crippen molar-refractivity contribution in [3.8, 4) is 5.75 Å². The van der Waals surface area contributed by atoms with E-state index in [1.165, 1.54) is 29.2 Å². The molecule has 0 radical (unpaired) electrons. The second-order valence-electron chi connectivity index (χ2n) is 6.16. The summed E-state index contributed by atoms with van der Waals surface area (Å²) in [5.41, 5.74) is 0.563. The van der Waals surface area contributed by atoms with Crippen LogP contribution in [0.5, 0.6) is 5.75 Å². The number of nitrogens with zero attached hydrogens (tertiary/aromatic N) is 1. The largest absolute Gasteiger partial charge is 0.494 e. The van der Waals surface area contributed by atoms with Crippen LogP contribution in [-0.4, -0.2) is 37.8 Å². The number of amides is 2. The van der Waals surface area contributed by atoms with E-state index >= 15 is 0 Å². The molecule has 3 rings (SSSR count). The van der Waals surface area contributed by atoms with Gasteiger partial charge in [0, 0.05) is 12.1 Å². The summed E-state index contributed by atoms with van der Waals surface area (Å²) >= 11 is 0. The Morgan fingerprint density at radius 3 is 2.67 bits per heavy atom. The third kappa shape index (κ3) is 5.44. The molecule has 1 atom stereocenters. The van der Waals surface area contributed by atoms with E-state index < -0.39 is 12.2 Å². The Bertz CT molecular complexity index is 767. The van der Waals surface area contributed by atoms with E-state index in [2.05, 4.69) is 5.32 Å². The van der Waals surface area contributed by atoms with Crippen LogP contribution in [-0.2, 0) is 9.53 Å². The number of carbonyl (C=O) groups excluding carboxylic acids is 2. The lowest BCUT2D eigenvalue weighted by Crippen LogP contribution is -2.34. The van der Waals surface area contributed by atoms with Crippen molar-refractivity contribution in [2.45, 2.75) is 18.9 Å². The summed E-state index contributed by atoms with van der Waals surface area (Å²) in [5, 5.41) is 2.77. The van der Waals surface area contributed by atoms with Crippen LogP contribution in [0.2, 0.25) is 0 Å². The number of benzene rings is 2. The predicted octanol–water partition coefficient (Wildman–Crippen LogP) is 3.13. The van der Waals surface area contributed by atoms with Gasteiger partial charge >= 0.3 is 6.09 Å². The van der Waals surface area contributed by atoms with Crippen molar-refractivity contribution in [1.82, 2.24) is 5.32 Å². The minimum Gasteiger partial charge on any atom is -0.494 e. The van der Waals surface area contributed by atoms with Gasteiger partial charge < -0.3 is 14.8 Å². The average molecular weight is 372 g/mol. The summed E-state index contributed by atoms with van der Waals surface area (Å²) in [4.78, 5) is 25.3. The van der Waals surface area contributed by atoms with E-state index in [4.69, 9.17) is 9.47 Å². The van der Waals surface area contributed by atoms with Crippen molar-refractivity contribution in [3.63, 3.8) is 0 Å². The molecule has 0 spiro atoms. The quantitative estimate of drug-likeness (QED) is 0.723. The van der Waals surface area contributed by atoms with Crippen molar-refractivity contribution in [2.75, 3.05) is 24.6 Å². The van der Waals surface area contributed by atoms with Gasteiger partial charge in [-0.2, -0.15) is 0 Å². The molecular weight excluding hydrogens is 351 g/mol. The summed E-state index contributed by atoms with van der Waals surface area (Å²) in [5.74, 6) is 0.283. The van der Waals surface area contributed by atoms with Crippen LogP contribution in [0.3, 0.4) is 0 Å². The summed E-state index contributed by atoms with van der Waals surface area (Å²) in [6.45, 7) is 0.998. The molecule has 1 aliphatic heterocycles. The number of carbonyl (C=O) groups is 2. The highest BCUT2D eigenvalue weighted by Crippen LogP contribution is 2.21. The lowest BCUT2D eigenvalue weighted by atomic mass is 10.2. The number of halogens is 1. The Kier molecular flexibility index (Phi) is 6.25. The van der Waals surface area contributed by atoms with Gasteiger partial charge in [-0.15, -0.1) is 0 Å². The second-order valence-corrected chi connectivity index (χ2v) is 6.16. The Balaban J connectivity index is 1.35. The monoisotopic (exact) mass is 372 g/mol. The van der Waals surface area contributed by atoms with Gasteiger partial charge in [-0.25, -0.2) is 9.18 Å². The van der Waals surface area contributed by atoms with Crippen LogP contribution in [0.1, 0.15) is 12.8 Å². The highest BCUT2D eigenvalue weighted by atomic mass is 19.1. The lowest BCUT2D eigenvalue weighted by molar-refractivity contribution is -0.121. The zero-order valence-electron chi connectivity index (χ0n) is 14.8. The van der Waals surface area contributed by atoms with E-state index in [1.807, 2.05) is 30.3 Å². The molecule has 1 fully saturated rings. The second kappa shape index (κ2) is 9.02. The predicted molar refractivity (Wildman–Crippen MR) is 98.2 cm³/mol. The van der Waals surface area contributed by atoms with Gasteiger partial charge in [0.15, 0.2) is 0 Å². The Morgan fingerprint density at radius 1 is 1.19 bits per heavy atom. The molecule has 0 aliphatic carbocycles. The molecule has 7 heteroatoms. The fourth-order valence-electron chi connectivity index (χ4n) is 2.72. The van der Waals surface area contributed by atoms with E-state index in [1.54, 1.807) is 0 Å². The van der Waals surface area contributed by atoms with Crippen molar-refractivity contribution < 1.29 is 23.5 Å². The van der Waals surface area contributed by atoms with E-state index in [0.717, 1.165) is 5.75 Å². The van der Waals surface area contributed by atoms with Gasteiger partial charge in [0.25, 0.3) is 0 Å². The molecule has 0 aromatic heterocycles. The highest BCUT2D eigenvalue weighted by Gasteiger charge is 2.32. The number of anilines is 1. The topological polar surface area (TPSA) is 67.9 Å². The Morgan fingerprint density at radius 2 is 1.93 bits per heavy atom. The number of hydrogen-bond acceptors (Lipinski definition) is 4. The van der Waals surface area contributed by atoms with Crippen LogP contribution in [0.15, 0.2) is 54.6 Å². The van der Waals surface area contributed by atoms with Crippen LogP contribution in [0, 0.1) is 5.82 Å². The molecule has 1 N–H and O–H groups in total. The molecule has 2 aromatic carbocycles. The molecule has 1 aliphatic rings. The maximum atomic E-state index is 13.0. The normalized spacial score (nSPS) is 16.1. The number of cyclic esters (lactones) is 1. The molecule has 6 nitrogen and oxygen atoms in total. The fourth-order valence-corrected chi connectivity index (χ4v) is 2.72. The smallest absolute Gasteiger partial charge is 0.414 e. The summed E-state index contributed by atoms with van der Waals surface area (Å²) in [6.07, 6.45) is -0.0219. The van der Waals surface area contributed by atoms with Crippen molar-refractivity contribution in [2.24, 2.45) is 0 Å². The molecule has 1 heterocycles. The van der Waals surface area contributed by atoms with Crippen molar-refractivity contribution in [1.29, 1.82) is 0 Å². The lowest BCUT2D eigenvalue weighted by Gasteiger charge is -2.13. The number of rotatable bonds is 8. The number of ether oxygens (including phenoxy) is 2. The minimum atomic E-state index is -0.503. The maximum Gasteiger partial charge on any atom is 0.414 e. The van der Waals surface area contributed by atoms with Crippen molar-refractivity contribution in [3.05, 3.63) is 60.4 Å². The van der Waals surface area contributed by atoms with Crippen LogP contribution in [0.4, 0.5) is 14.9 Å². The zero-order valence-corrected chi connectivity index (χ0v) is 14.8. The molecule has 142 valence electrons. The molecule has 1 unspecified atom stereocenters. The standard InChI is InChI=1S/C20H21FN2O4/c21-15-8-10-16(11-9-15)23-14-18(27-20(23)25)13-22-19(24)7-4-12-26-17-5-2-1-3-6-17/h1-3,5-6,8-11,18H,4,7,12-14H2,(H,22,24). The van der Waals surface area contributed by atoms with Gasteiger partial charge in [-0.3, -0.25) is 9.69 Å². The van der Waals surface area contributed by atoms with Gasteiger partial charge in [0.1, 0.15) is 17.7 Å². The summed E-state index contributed by atoms with van der Waals surface area (Å²) < 4.78 is 23.8. The van der Waals surface area contributed by atoms with E-state index in [-0.39, 0.29) is 18.3 Å². The number of hydrogen-bond donors (Lipinski definition) is 1. The zero-order chi connectivity index (χ0) is 19.1. The molecule has 1 saturated heterocycles. The molecule has 27 heavy (non-hydrogen) atoms. The number of nitrogens with one attached hydrogen (secondary N) is 1. The first-order valence-corrected chi connectivity index (χ1v) is 8.80. The maximum absolute atomic E-state index is 13.0. The Hall–Kier alpha value is -3.09. The van der Waals surface area contributed by atoms with E-state index in [9.17, 15) is 14.0 Å². The average Bonchev–Trinajstić information content (AvgIpc) is 3.06. The van der Waals surface area contributed by atoms with Gasteiger partial charge in [0.05, 0.1) is 19.7 Å². The first kappa shape index (κ1) is 18.7. The van der Waals surface area contributed by atoms with Gasteiger partial charge in [-0.1, -0.05) is 18.2 Å². The van der Waals surface area contributed by atoms with Crippen LogP contribution < -0.4 is 15.0 Å². The van der Waals surface area contributed by atoms with Crippen LogP contribution in [0.25, 0.3) is 0 Å². The van der Waals surface area contributed by atoms with Gasteiger partial charge in [0.2, 0.25) is 5.91 Å². The summed E-state index contributed by atoms with van der Waals surface area (Å²) in [7, 11) is 0. The SMILES string of the molecule is O=C(CCCOc1ccccc1)NCC1CN(c2ccc(F)cc2)C(=O)O1. The highest BCUT2D eigenvalue weighted by molar-refractivity contribution is 5.89. The van der Waals surface area contributed by atoms with Crippen molar-refractivity contribution >= 4 is 17.7 Å². The minimum absolute atomic E-state index is 0.122. The first-order chi connectivity index (χ1) is 13.1. The van der Waals surface area contributed by atoms with E-state index in [0.29, 0.717) is 31.7 Å². The molecule has 2 aromatic rings. The third-order valence-corrected chi connectivity index (χ3v) is 4.10.